The summed E-state index contributed by atoms with van der Waals surface area (Å²) in [5, 5.41) is 3.74. The normalized spacial score (nSPS) is 16.9. The lowest BCUT2D eigenvalue weighted by Gasteiger charge is -2.12. The zero-order valence-corrected chi connectivity index (χ0v) is 14.7. The minimum atomic E-state index is -0.362. The molecule has 1 aromatic carbocycles. The van der Waals surface area contributed by atoms with Gasteiger partial charge in [-0.3, -0.25) is 4.79 Å². The van der Waals surface area contributed by atoms with Crippen LogP contribution in [0.4, 0.5) is 5.69 Å². The molecule has 2 aromatic rings. The number of amides is 1. The van der Waals surface area contributed by atoms with E-state index in [1.165, 1.54) is 12.3 Å². The lowest BCUT2D eigenvalue weighted by atomic mass is 10.2. The highest BCUT2D eigenvalue weighted by atomic mass is 35.5. The Morgan fingerprint density at radius 2 is 2.04 bits per heavy atom. The number of ether oxygens (including phenoxy) is 2. The molecule has 1 aromatic heterocycles. The fourth-order valence-corrected chi connectivity index (χ4v) is 2.69. The van der Waals surface area contributed by atoms with Gasteiger partial charge in [0.25, 0.3) is 5.91 Å². The standard InChI is InChI=1S/C16H13Cl3N2O3/c17-12-2-1-10(6-13(12)18)21-15(22)9-5-14(19)16(20-7-9)24-11-3-4-23-8-11/h1-2,5-7,11H,3-4,8H2,(H,21,22). The van der Waals surface area contributed by atoms with Crippen molar-refractivity contribution in [3.05, 3.63) is 51.1 Å². The molecule has 126 valence electrons. The molecule has 1 atom stereocenters. The topological polar surface area (TPSA) is 60.5 Å². The Morgan fingerprint density at radius 3 is 2.71 bits per heavy atom. The Balaban J connectivity index is 1.70. The zero-order valence-electron chi connectivity index (χ0n) is 12.4. The predicted octanol–water partition coefficient (Wildman–Crippen LogP) is 4.46. The van der Waals surface area contributed by atoms with E-state index < -0.39 is 0 Å². The molecule has 8 heteroatoms. The Hall–Kier alpha value is -1.53. The van der Waals surface area contributed by atoms with Crippen LogP contribution in [0.1, 0.15) is 16.8 Å². The fourth-order valence-electron chi connectivity index (χ4n) is 2.18. The van der Waals surface area contributed by atoms with Crippen molar-refractivity contribution in [1.29, 1.82) is 0 Å². The summed E-state index contributed by atoms with van der Waals surface area (Å²) in [6.45, 7) is 1.17. The molecule has 24 heavy (non-hydrogen) atoms. The number of nitrogens with one attached hydrogen (secondary N) is 1. The fraction of sp³-hybridized carbons (Fsp3) is 0.250. The molecule has 1 aliphatic heterocycles. The van der Waals surface area contributed by atoms with Crippen molar-refractivity contribution in [1.82, 2.24) is 4.98 Å². The minimum absolute atomic E-state index is 0.0640. The second-order valence-electron chi connectivity index (χ2n) is 5.20. The molecule has 0 spiro atoms. The van der Waals surface area contributed by atoms with Gasteiger partial charge in [0.05, 0.1) is 28.8 Å². The lowest BCUT2D eigenvalue weighted by Crippen LogP contribution is -2.17. The molecule has 0 radical (unpaired) electrons. The highest BCUT2D eigenvalue weighted by Gasteiger charge is 2.20. The van der Waals surface area contributed by atoms with Gasteiger partial charge in [-0.15, -0.1) is 0 Å². The molecule has 1 aliphatic rings. The van der Waals surface area contributed by atoms with Gasteiger partial charge in [-0.25, -0.2) is 4.98 Å². The first kappa shape index (κ1) is 17.3. The molecule has 5 nitrogen and oxygen atoms in total. The third kappa shape index (κ3) is 4.11. The molecule has 1 saturated heterocycles. The van der Waals surface area contributed by atoms with Gasteiger partial charge in [0.15, 0.2) is 0 Å². The summed E-state index contributed by atoms with van der Waals surface area (Å²) in [7, 11) is 0. The quantitative estimate of drug-likeness (QED) is 0.841. The van der Waals surface area contributed by atoms with Gasteiger partial charge in [-0.05, 0) is 24.3 Å². The van der Waals surface area contributed by atoms with E-state index in [9.17, 15) is 4.79 Å². The molecule has 2 heterocycles. The van der Waals surface area contributed by atoms with E-state index in [2.05, 4.69) is 10.3 Å². The molecule has 1 amide bonds. The van der Waals surface area contributed by atoms with Gasteiger partial charge in [0.1, 0.15) is 11.1 Å². The van der Waals surface area contributed by atoms with Crippen molar-refractivity contribution in [2.45, 2.75) is 12.5 Å². The van der Waals surface area contributed by atoms with Crippen LogP contribution in [0.15, 0.2) is 30.5 Å². The van der Waals surface area contributed by atoms with Crippen LogP contribution in [0.3, 0.4) is 0 Å². The number of aromatic nitrogens is 1. The van der Waals surface area contributed by atoms with E-state index in [-0.39, 0.29) is 17.0 Å². The van der Waals surface area contributed by atoms with E-state index in [0.29, 0.717) is 40.4 Å². The van der Waals surface area contributed by atoms with E-state index in [4.69, 9.17) is 44.3 Å². The summed E-state index contributed by atoms with van der Waals surface area (Å²) in [6, 6.07) is 6.32. The maximum Gasteiger partial charge on any atom is 0.257 e. The summed E-state index contributed by atoms with van der Waals surface area (Å²) >= 11 is 17.9. The highest BCUT2D eigenvalue weighted by Crippen LogP contribution is 2.27. The third-order valence-electron chi connectivity index (χ3n) is 3.41. The number of pyridine rings is 1. The average molecular weight is 388 g/mol. The summed E-state index contributed by atoms with van der Waals surface area (Å²) in [6.07, 6.45) is 2.13. The van der Waals surface area contributed by atoms with Crippen LogP contribution < -0.4 is 10.1 Å². The van der Waals surface area contributed by atoms with Gasteiger partial charge in [0, 0.05) is 18.3 Å². The monoisotopic (exact) mass is 386 g/mol. The number of nitrogens with zero attached hydrogens (tertiary/aromatic N) is 1. The summed E-state index contributed by atoms with van der Waals surface area (Å²) < 4.78 is 10.9. The summed E-state index contributed by atoms with van der Waals surface area (Å²) in [5.41, 5.74) is 0.829. The van der Waals surface area contributed by atoms with Crippen LogP contribution in [0.2, 0.25) is 15.1 Å². The molecule has 1 N–H and O–H groups in total. The maximum atomic E-state index is 12.3. The number of rotatable bonds is 4. The Labute approximate surface area is 153 Å². The van der Waals surface area contributed by atoms with Crippen molar-refractivity contribution in [3.8, 4) is 5.88 Å². The largest absolute Gasteiger partial charge is 0.471 e. The van der Waals surface area contributed by atoms with Crippen LogP contribution in [-0.4, -0.2) is 30.2 Å². The molecule has 1 unspecified atom stereocenters. The average Bonchev–Trinajstić information content (AvgIpc) is 3.06. The van der Waals surface area contributed by atoms with Gasteiger partial charge in [-0.2, -0.15) is 0 Å². The molecular weight excluding hydrogens is 375 g/mol. The van der Waals surface area contributed by atoms with Crippen LogP contribution in [0, 0.1) is 0 Å². The Morgan fingerprint density at radius 1 is 1.21 bits per heavy atom. The Kier molecular flexibility index (Phi) is 5.46. The number of benzene rings is 1. The molecule has 0 bridgehead atoms. The number of halogens is 3. The smallest absolute Gasteiger partial charge is 0.257 e. The van der Waals surface area contributed by atoms with Crippen molar-refractivity contribution < 1.29 is 14.3 Å². The van der Waals surface area contributed by atoms with Gasteiger partial charge in [-0.1, -0.05) is 34.8 Å². The van der Waals surface area contributed by atoms with E-state index in [1.807, 2.05) is 0 Å². The van der Waals surface area contributed by atoms with Crippen molar-refractivity contribution in [3.63, 3.8) is 0 Å². The van der Waals surface area contributed by atoms with Gasteiger partial charge in [0.2, 0.25) is 5.88 Å². The van der Waals surface area contributed by atoms with Crippen molar-refractivity contribution in [2.75, 3.05) is 18.5 Å². The van der Waals surface area contributed by atoms with E-state index in [0.717, 1.165) is 6.42 Å². The highest BCUT2D eigenvalue weighted by molar-refractivity contribution is 6.42. The van der Waals surface area contributed by atoms with Gasteiger partial charge < -0.3 is 14.8 Å². The molecule has 0 saturated carbocycles. The van der Waals surface area contributed by atoms with Crippen LogP contribution in [-0.2, 0) is 4.74 Å². The molecule has 3 rings (SSSR count). The number of hydrogen-bond acceptors (Lipinski definition) is 4. The molecule has 0 aliphatic carbocycles. The summed E-state index contributed by atoms with van der Waals surface area (Å²) in [4.78, 5) is 16.4. The number of carbonyl (C=O) groups excluding carboxylic acids is 1. The number of hydrogen-bond donors (Lipinski definition) is 1. The van der Waals surface area contributed by atoms with Crippen molar-refractivity contribution >= 4 is 46.4 Å². The number of carbonyl (C=O) groups is 1. The first-order valence-electron chi connectivity index (χ1n) is 7.19. The second kappa shape index (κ2) is 7.57. The SMILES string of the molecule is O=C(Nc1ccc(Cl)c(Cl)c1)c1cnc(OC2CCOC2)c(Cl)c1. The summed E-state index contributed by atoms with van der Waals surface area (Å²) in [5.74, 6) is -0.0724. The Bertz CT molecular complexity index is 764. The minimum Gasteiger partial charge on any atom is -0.471 e. The second-order valence-corrected chi connectivity index (χ2v) is 6.42. The lowest BCUT2D eigenvalue weighted by molar-refractivity contribution is 0.102. The first-order valence-corrected chi connectivity index (χ1v) is 8.32. The first-order chi connectivity index (χ1) is 11.5. The predicted molar refractivity (Wildman–Crippen MR) is 93.5 cm³/mol. The maximum absolute atomic E-state index is 12.3. The van der Waals surface area contributed by atoms with Crippen molar-refractivity contribution in [2.24, 2.45) is 0 Å². The van der Waals surface area contributed by atoms with Gasteiger partial charge >= 0.3 is 0 Å². The van der Waals surface area contributed by atoms with Crippen LogP contribution in [0.25, 0.3) is 0 Å². The van der Waals surface area contributed by atoms with Crippen LogP contribution >= 0.6 is 34.8 Å². The third-order valence-corrected chi connectivity index (χ3v) is 4.42. The molecule has 1 fully saturated rings. The van der Waals surface area contributed by atoms with E-state index in [1.54, 1.807) is 18.2 Å². The van der Waals surface area contributed by atoms with Crippen LogP contribution in [0.5, 0.6) is 5.88 Å². The number of anilines is 1. The molecular formula is C16H13Cl3N2O3. The zero-order chi connectivity index (χ0) is 17.1. The van der Waals surface area contributed by atoms with E-state index >= 15 is 0 Å².